The summed E-state index contributed by atoms with van der Waals surface area (Å²) in [6, 6.07) is 11.0. The Balaban J connectivity index is 1.96. The zero-order valence-electron chi connectivity index (χ0n) is 11.4. The molecule has 0 amide bonds. The normalized spacial score (nSPS) is 21.6. The van der Waals surface area contributed by atoms with Crippen molar-refractivity contribution in [1.82, 2.24) is 0 Å². The molecule has 0 aromatic heterocycles. The summed E-state index contributed by atoms with van der Waals surface area (Å²) in [4.78, 5) is 23.7. The molecule has 2 aromatic rings. The van der Waals surface area contributed by atoms with Gasteiger partial charge in [-0.25, -0.2) is 0 Å². The maximum Gasteiger partial charge on any atom is 0.306 e. The van der Waals surface area contributed by atoms with Crippen molar-refractivity contribution in [3.05, 3.63) is 47.0 Å². The Bertz CT molecular complexity index is 723. The van der Waals surface area contributed by atoms with Crippen molar-refractivity contribution in [3.63, 3.8) is 0 Å². The molecule has 0 saturated heterocycles. The molecule has 2 unspecified atom stereocenters. The second kappa shape index (κ2) is 5.49. The van der Waals surface area contributed by atoms with Gasteiger partial charge in [-0.2, -0.15) is 0 Å². The van der Waals surface area contributed by atoms with Crippen molar-refractivity contribution in [1.29, 1.82) is 0 Å². The van der Waals surface area contributed by atoms with Crippen LogP contribution < -0.4 is 0 Å². The number of hydrogen-bond donors (Lipinski definition) is 1. The fourth-order valence-electron chi connectivity index (χ4n) is 3.14. The predicted octanol–water partition coefficient (Wildman–Crippen LogP) is 4.18. The lowest BCUT2D eigenvalue weighted by molar-refractivity contribution is -0.141. The smallest absolute Gasteiger partial charge is 0.306 e. The van der Waals surface area contributed by atoms with Crippen LogP contribution in [0.2, 0.25) is 5.02 Å². The molecule has 1 fully saturated rings. The SMILES string of the molecule is O=C(O)C1CCC(C(=O)c2ccc(Cl)c3ccccc23)C1. The molecule has 1 saturated carbocycles. The van der Waals surface area contributed by atoms with Crippen LogP contribution in [0.3, 0.4) is 0 Å². The molecule has 0 bridgehead atoms. The molecule has 2 atom stereocenters. The molecule has 2 aromatic carbocycles. The van der Waals surface area contributed by atoms with Crippen LogP contribution in [-0.4, -0.2) is 16.9 Å². The predicted molar refractivity (Wildman–Crippen MR) is 81.8 cm³/mol. The number of aliphatic carboxylic acids is 1. The number of carboxylic acid groups (broad SMARTS) is 1. The molecule has 0 aliphatic heterocycles. The molecule has 0 spiro atoms. The molecule has 3 rings (SSSR count). The molecule has 1 N–H and O–H groups in total. The van der Waals surface area contributed by atoms with E-state index < -0.39 is 11.9 Å². The molecule has 1 aliphatic rings. The number of halogens is 1. The van der Waals surface area contributed by atoms with E-state index in [1.165, 1.54) is 0 Å². The van der Waals surface area contributed by atoms with Gasteiger partial charge in [0.15, 0.2) is 5.78 Å². The number of Topliss-reactive ketones (excluding diaryl/α,β-unsaturated/α-hetero) is 1. The van der Waals surface area contributed by atoms with E-state index in [4.69, 9.17) is 16.7 Å². The van der Waals surface area contributed by atoms with Gasteiger partial charge in [-0.05, 0) is 36.8 Å². The van der Waals surface area contributed by atoms with Crippen molar-refractivity contribution >= 4 is 34.1 Å². The standard InChI is InChI=1S/C17H15ClO3/c18-15-8-7-14(12-3-1-2-4-13(12)15)16(19)10-5-6-11(9-10)17(20)21/h1-4,7-8,10-11H,5-6,9H2,(H,20,21). The number of hydrogen-bond acceptors (Lipinski definition) is 2. The lowest BCUT2D eigenvalue weighted by Crippen LogP contribution is -2.15. The third kappa shape index (κ3) is 2.54. The van der Waals surface area contributed by atoms with Gasteiger partial charge >= 0.3 is 5.97 Å². The molecule has 21 heavy (non-hydrogen) atoms. The second-order valence-corrected chi connectivity index (χ2v) is 5.96. The molecule has 0 heterocycles. The van der Waals surface area contributed by atoms with Gasteiger partial charge in [0.2, 0.25) is 0 Å². The highest BCUT2D eigenvalue weighted by Crippen LogP contribution is 2.35. The third-order valence-corrected chi connectivity index (χ3v) is 4.62. The summed E-state index contributed by atoms with van der Waals surface area (Å²) in [5.41, 5.74) is 0.644. The third-order valence-electron chi connectivity index (χ3n) is 4.29. The topological polar surface area (TPSA) is 54.4 Å². The van der Waals surface area contributed by atoms with Crippen LogP contribution in [0.1, 0.15) is 29.6 Å². The van der Waals surface area contributed by atoms with Crippen molar-refractivity contribution in [2.45, 2.75) is 19.3 Å². The summed E-state index contributed by atoms with van der Waals surface area (Å²) in [6.07, 6.45) is 1.66. The summed E-state index contributed by atoms with van der Waals surface area (Å²) >= 11 is 6.17. The number of benzene rings is 2. The van der Waals surface area contributed by atoms with E-state index >= 15 is 0 Å². The van der Waals surface area contributed by atoms with Crippen molar-refractivity contribution in [3.8, 4) is 0 Å². The number of rotatable bonds is 3. The number of carbonyl (C=O) groups excluding carboxylic acids is 1. The summed E-state index contributed by atoms with van der Waals surface area (Å²) in [5, 5.41) is 11.4. The number of ketones is 1. The first-order valence-corrected chi connectivity index (χ1v) is 7.40. The van der Waals surface area contributed by atoms with Gasteiger partial charge in [-0.15, -0.1) is 0 Å². The van der Waals surface area contributed by atoms with Gasteiger partial charge in [-0.1, -0.05) is 35.9 Å². The highest BCUT2D eigenvalue weighted by atomic mass is 35.5. The first kappa shape index (κ1) is 14.1. The van der Waals surface area contributed by atoms with Gasteiger partial charge in [0, 0.05) is 21.9 Å². The minimum absolute atomic E-state index is 0.0339. The molecule has 0 radical (unpaired) electrons. The summed E-state index contributed by atoms with van der Waals surface area (Å²) in [5.74, 6) is -1.36. The average Bonchev–Trinajstić information content (AvgIpc) is 2.97. The first-order chi connectivity index (χ1) is 10.1. The minimum atomic E-state index is -0.800. The highest BCUT2D eigenvalue weighted by molar-refractivity contribution is 6.36. The summed E-state index contributed by atoms with van der Waals surface area (Å²) < 4.78 is 0. The van der Waals surface area contributed by atoms with Crippen LogP contribution in [0.4, 0.5) is 0 Å². The quantitative estimate of drug-likeness (QED) is 0.865. The van der Waals surface area contributed by atoms with E-state index in [0.29, 0.717) is 29.8 Å². The number of carbonyl (C=O) groups is 2. The zero-order valence-corrected chi connectivity index (χ0v) is 12.1. The minimum Gasteiger partial charge on any atom is -0.481 e. The van der Waals surface area contributed by atoms with Gasteiger partial charge in [0.25, 0.3) is 0 Å². The maximum atomic E-state index is 12.7. The number of fused-ring (bicyclic) bond motifs is 1. The first-order valence-electron chi connectivity index (χ1n) is 7.02. The fraction of sp³-hybridized carbons (Fsp3) is 0.294. The Morgan fingerprint density at radius 1 is 1.00 bits per heavy atom. The molecule has 1 aliphatic carbocycles. The lowest BCUT2D eigenvalue weighted by atomic mass is 9.92. The van der Waals surface area contributed by atoms with Gasteiger partial charge in [0.1, 0.15) is 0 Å². The van der Waals surface area contributed by atoms with Gasteiger partial charge in [-0.3, -0.25) is 9.59 Å². The van der Waals surface area contributed by atoms with Crippen LogP contribution in [0.5, 0.6) is 0 Å². The van der Waals surface area contributed by atoms with Gasteiger partial charge < -0.3 is 5.11 Å². The summed E-state index contributed by atoms with van der Waals surface area (Å²) in [6.45, 7) is 0. The molecule has 4 heteroatoms. The van der Waals surface area contributed by atoms with E-state index in [9.17, 15) is 9.59 Å². The Morgan fingerprint density at radius 3 is 2.33 bits per heavy atom. The van der Waals surface area contributed by atoms with Crippen LogP contribution in [-0.2, 0) is 4.79 Å². The van der Waals surface area contributed by atoms with Crippen molar-refractivity contribution in [2.75, 3.05) is 0 Å². The van der Waals surface area contributed by atoms with E-state index in [1.54, 1.807) is 12.1 Å². The van der Waals surface area contributed by atoms with Crippen LogP contribution in [0.15, 0.2) is 36.4 Å². The fourth-order valence-corrected chi connectivity index (χ4v) is 3.37. The van der Waals surface area contributed by atoms with Crippen LogP contribution in [0.25, 0.3) is 10.8 Å². The average molecular weight is 303 g/mol. The summed E-state index contributed by atoms with van der Waals surface area (Å²) in [7, 11) is 0. The molecule has 3 nitrogen and oxygen atoms in total. The van der Waals surface area contributed by atoms with E-state index in [1.807, 2.05) is 24.3 Å². The van der Waals surface area contributed by atoms with Crippen molar-refractivity contribution < 1.29 is 14.7 Å². The maximum absolute atomic E-state index is 12.7. The van der Waals surface area contributed by atoms with Gasteiger partial charge in [0.05, 0.1) is 5.92 Å². The molecular formula is C17H15ClO3. The van der Waals surface area contributed by atoms with Crippen molar-refractivity contribution in [2.24, 2.45) is 11.8 Å². The zero-order chi connectivity index (χ0) is 15.0. The molecular weight excluding hydrogens is 288 g/mol. The van der Waals surface area contributed by atoms with E-state index in [2.05, 4.69) is 0 Å². The second-order valence-electron chi connectivity index (χ2n) is 5.55. The van der Waals surface area contributed by atoms with Crippen LogP contribution >= 0.6 is 11.6 Å². The highest BCUT2D eigenvalue weighted by Gasteiger charge is 2.34. The largest absolute Gasteiger partial charge is 0.481 e. The van der Waals surface area contributed by atoms with Crippen LogP contribution in [0, 0.1) is 11.8 Å². The Labute approximate surface area is 127 Å². The Morgan fingerprint density at radius 2 is 1.67 bits per heavy atom. The number of carboxylic acids is 1. The molecule has 108 valence electrons. The van der Waals surface area contributed by atoms with E-state index in [-0.39, 0.29) is 11.7 Å². The Hall–Kier alpha value is -1.87. The monoisotopic (exact) mass is 302 g/mol. The lowest BCUT2D eigenvalue weighted by Gasteiger charge is -2.12. The Kier molecular flexibility index (Phi) is 3.68. The van der Waals surface area contributed by atoms with E-state index in [0.717, 1.165) is 10.8 Å².